The summed E-state index contributed by atoms with van der Waals surface area (Å²) in [5.41, 5.74) is 4.90. The maximum Gasteiger partial charge on any atom is 0.132 e. The highest BCUT2D eigenvalue weighted by Crippen LogP contribution is 2.23. The zero-order valence-electron chi connectivity index (χ0n) is 14.5. The van der Waals surface area contributed by atoms with E-state index in [-0.39, 0.29) is 0 Å². The second kappa shape index (κ2) is 7.23. The van der Waals surface area contributed by atoms with Gasteiger partial charge in [-0.2, -0.15) is 5.10 Å². The van der Waals surface area contributed by atoms with Gasteiger partial charge in [-0.1, -0.05) is 60.7 Å². The number of benzene rings is 3. The van der Waals surface area contributed by atoms with Crippen molar-refractivity contribution in [3.63, 3.8) is 0 Å². The quantitative estimate of drug-likeness (QED) is 0.707. The highest BCUT2D eigenvalue weighted by atomic mass is 16.5. The van der Waals surface area contributed by atoms with Crippen molar-refractivity contribution >= 4 is 17.1 Å². The van der Waals surface area contributed by atoms with Crippen LogP contribution in [0.15, 0.2) is 95.0 Å². The smallest absolute Gasteiger partial charge is 0.132 e. The van der Waals surface area contributed by atoms with Gasteiger partial charge in [0.05, 0.1) is 18.5 Å². The van der Waals surface area contributed by atoms with Crippen LogP contribution in [0.4, 0.5) is 5.69 Å². The van der Waals surface area contributed by atoms with Crippen LogP contribution < -0.4 is 9.75 Å². The first-order valence-electron chi connectivity index (χ1n) is 8.51. The van der Waals surface area contributed by atoms with Crippen molar-refractivity contribution in [2.24, 2.45) is 10.1 Å². The van der Waals surface area contributed by atoms with E-state index in [1.807, 2.05) is 65.7 Å². The van der Waals surface area contributed by atoms with Crippen molar-refractivity contribution in [2.45, 2.75) is 0 Å². The summed E-state index contributed by atoms with van der Waals surface area (Å²) < 4.78 is 5.24. The third-order valence-electron chi connectivity index (χ3n) is 4.27. The standard InChI is InChI=1S/C22H19N3O/c1-26-20-14-12-19(13-15-20)25-16-23-21(17-8-4-2-5-9-17)22(24-25)18-10-6-3-7-11-18/h2-15H,16H2,1H3. The van der Waals surface area contributed by atoms with E-state index in [0.29, 0.717) is 6.67 Å². The minimum Gasteiger partial charge on any atom is -0.497 e. The number of methoxy groups -OCH3 is 1. The highest BCUT2D eigenvalue weighted by molar-refractivity contribution is 6.54. The molecule has 1 heterocycles. The lowest BCUT2D eigenvalue weighted by molar-refractivity contribution is 0.415. The van der Waals surface area contributed by atoms with E-state index in [4.69, 9.17) is 14.8 Å². The summed E-state index contributed by atoms with van der Waals surface area (Å²) in [6.45, 7) is 0.479. The van der Waals surface area contributed by atoms with Crippen LogP contribution in [0.1, 0.15) is 11.1 Å². The van der Waals surface area contributed by atoms with Gasteiger partial charge in [-0.25, -0.2) is 5.01 Å². The Morgan fingerprint density at radius 1 is 0.731 bits per heavy atom. The molecular weight excluding hydrogens is 322 g/mol. The lowest BCUT2D eigenvalue weighted by Crippen LogP contribution is -2.31. The number of ether oxygens (including phenoxy) is 1. The predicted octanol–water partition coefficient (Wildman–Crippen LogP) is 4.37. The molecule has 0 aliphatic carbocycles. The lowest BCUT2D eigenvalue weighted by atomic mass is 9.99. The summed E-state index contributed by atoms with van der Waals surface area (Å²) >= 11 is 0. The maximum atomic E-state index is 5.24. The average Bonchev–Trinajstić information content (AvgIpc) is 2.75. The zero-order chi connectivity index (χ0) is 17.8. The molecule has 0 fully saturated rings. The van der Waals surface area contributed by atoms with Crippen molar-refractivity contribution < 1.29 is 4.74 Å². The molecular formula is C22H19N3O. The molecule has 0 amide bonds. The molecule has 4 rings (SSSR count). The highest BCUT2D eigenvalue weighted by Gasteiger charge is 2.20. The van der Waals surface area contributed by atoms with E-state index in [1.54, 1.807) is 7.11 Å². The van der Waals surface area contributed by atoms with Gasteiger partial charge in [0.25, 0.3) is 0 Å². The molecule has 0 saturated carbocycles. The summed E-state index contributed by atoms with van der Waals surface area (Å²) in [4.78, 5) is 4.84. The van der Waals surface area contributed by atoms with Gasteiger partial charge < -0.3 is 4.74 Å². The Hall–Kier alpha value is -3.40. The Bertz CT molecular complexity index is 932. The van der Waals surface area contributed by atoms with Gasteiger partial charge in [0, 0.05) is 11.1 Å². The fourth-order valence-corrected chi connectivity index (χ4v) is 2.92. The second-order valence-electron chi connectivity index (χ2n) is 5.93. The van der Waals surface area contributed by atoms with E-state index in [9.17, 15) is 0 Å². The molecule has 26 heavy (non-hydrogen) atoms. The normalized spacial score (nSPS) is 13.8. The molecule has 0 N–H and O–H groups in total. The largest absolute Gasteiger partial charge is 0.497 e. The van der Waals surface area contributed by atoms with Gasteiger partial charge in [0.2, 0.25) is 0 Å². The Labute approximate surface area is 153 Å². The van der Waals surface area contributed by atoms with Crippen molar-refractivity contribution in [1.82, 2.24) is 0 Å². The summed E-state index contributed by atoms with van der Waals surface area (Å²) in [6, 6.07) is 28.2. The molecule has 0 spiro atoms. The van der Waals surface area contributed by atoms with E-state index >= 15 is 0 Å². The number of hydrogen-bond acceptors (Lipinski definition) is 4. The number of anilines is 1. The van der Waals surface area contributed by atoms with Gasteiger partial charge in [-0.05, 0) is 24.3 Å². The minimum absolute atomic E-state index is 0.479. The average molecular weight is 341 g/mol. The van der Waals surface area contributed by atoms with Crippen LogP contribution in [0, 0.1) is 0 Å². The molecule has 3 aromatic rings. The number of hydrogen-bond donors (Lipinski definition) is 0. The maximum absolute atomic E-state index is 5.24. The molecule has 0 radical (unpaired) electrons. The molecule has 0 aromatic heterocycles. The van der Waals surface area contributed by atoms with E-state index in [1.165, 1.54) is 0 Å². The number of rotatable bonds is 4. The summed E-state index contributed by atoms with van der Waals surface area (Å²) in [6.07, 6.45) is 0. The van der Waals surface area contributed by atoms with Crippen molar-refractivity contribution in [1.29, 1.82) is 0 Å². The van der Waals surface area contributed by atoms with E-state index < -0.39 is 0 Å². The Kier molecular flexibility index (Phi) is 4.48. The zero-order valence-corrected chi connectivity index (χ0v) is 14.5. The topological polar surface area (TPSA) is 37.2 Å². The minimum atomic E-state index is 0.479. The first-order valence-corrected chi connectivity index (χ1v) is 8.51. The molecule has 3 aromatic carbocycles. The van der Waals surface area contributed by atoms with E-state index in [0.717, 1.165) is 34.0 Å². The second-order valence-corrected chi connectivity index (χ2v) is 5.93. The summed E-state index contributed by atoms with van der Waals surface area (Å²) in [5, 5.41) is 6.82. The number of nitrogens with zero attached hydrogens (tertiary/aromatic N) is 3. The lowest BCUT2D eigenvalue weighted by Gasteiger charge is -2.25. The van der Waals surface area contributed by atoms with Crippen LogP contribution in [0.25, 0.3) is 0 Å². The SMILES string of the molecule is COc1ccc(N2CN=C(c3ccccc3)C(c3ccccc3)=N2)cc1. The van der Waals surface area contributed by atoms with E-state index in [2.05, 4.69) is 24.3 Å². The Morgan fingerprint density at radius 2 is 1.31 bits per heavy atom. The van der Waals surface area contributed by atoms with Gasteiger partial charge >= 0.3 is 0 Å². The van der Waals surface area contributed by atoms with Crippen LogP contribution >= 0.6 is 0 Å². The van der Waals surface area contributed by atoms with Crippen LogP contribution in [-0.2, 0) is 0 Å². The van der Waals surface area contributed by atoms with Gasteiger partial charge in [-0.3, -0.25) is 4.99 Å². The Balaban J connectivity index is 1.75. The molecule has 1 aliphatic rings. The third kappa shape index (κ3) is 3.22. The van der Waals surface area contributed by atoms with Gasteiger partial charge in [0.1, 0.15) is 18.1 Å². The van der Waals surface area contributed by atoms with Crippen LogP contribution in [0.3, 0.4) is 0 Å². The predicted molar refractivity (Wildman–Crippen MR) is 106 cm³/mol. The van der Waals surface area contributed by atoms with Crippen LogP contribution in [-0.4, -0.2) is 25.2 Å². The number of aliphatic imine (C=N–C) groups is 1. The first kappa shape index (κ1) is 16.1. The van der Waals surface area contributed by atoms with Crippen molar-refractivity contribution in [2.75, 3.05) is 18.8 Å². The molecule has 128 valence electrons. The van der Waals surface area contributed by atoms with Crippen molar-refractivity contribution in [3.8, 4) is 5.75 Å². The first-order chi connectivity index (χ1) is 12.8. The molecule has 1 aliphatic heterocycles. The summed E-state index contributed by atoms with van der Waals surface area (Å²) in [5.74, 6) is 0.825. The van der Waals surface area contributed by atoms with Crippen LogP contribution in [0.2, 0.25) is 0 Å². The Morgan fingerprint density at radius 3 is 1.88 bits per heavy atom. The molecule has 0 bridgehead atoms. The monoisotopic (exact) mass is 341 g/mol. The van der Waals surface area contributed by atoms with Crippen LogP contribution in [0.5, 0.6) is 5.75 Å². The molecule has 0 saturated heterocycles. The molecule has 0 unspecified atom stereocenters. The number of hydrazone groups is 1. The van der Waals surface area contributed by atoms with Gasteiger partial charge in [-0.15, -0.1) is 0 Å². The molecule has 4 nitrogen and oxygen atoms in total. The van der Waals surface area contributed by atoms with Gasteiger partial charge in [0.15, 0.2) is 0 Å². The van der Waals surface area contributed by atoms with Crippen molar-refractivity contribution in [3.05, 3.63) is 96.1 Å². The third-order valence-corrected chi connectivity index (χ3v) is 4.27. The summed E-state index contributed by atoms with van der Waals surface area (Å²) in [7, 11) is 1.66. The fourth-order valence-electron chi connectivity index (χ4n) is 2.92. The fraction of sp³-hybridized carbons (Fsp3) is 0.0909. The molecule has 0 atom stereocenters. The molecule has 4 heteroatoms.